The van der Waals surface area contributed by atoms with Gasteiger partial charge in [0.1, 0.15) is 5.82 Å². The molecule has 1 rings (SSSR count). The van der Waals surface area contributed by atoms with Gasteiger partial charge in [-0.2, -0.15) is 0 Å². The average molecular weight is 253 g/mol. The van der Waals surface area contributed by atoms with Crippen molar-refractivity contribution < 1.29 is 14.3 Å². The van der Waals surface area contributed by atoms with E-state index in [-0.39, 0.29) is 5.82 Å². The van der Waals surface area contributed by atoms with Crippen molar-refractivity contribution in [3.63, 3.8) is 0 Å². The zero-order valence-electron chi connectivity index (χ0n) is 11.3. The standard InChI is InChI=1S/C14H20FNO2/c1-10-9-11(5-6-12(10)15)14(2,13(17)18)7-8-16(3)4/h5-6,9H,7-8H2,1-4H3,(H,17,18). The number of aryl methyl sites for hydroxylation is 1. The van der Waals surface area contributed by atoms with Crippen molar-refractivity contribution in [3.05, 3.63) is 35.1 Å². The van der Waals surface area contributed by atoms with Gasteiger partial charge in [0.2, 0.25) is 0 Å². The SMILES string of the molecule is Cc1cc(C(C)(CCN(C)C)C(=O)O)ccc1F. The van der Waals surface area contributed by atoms with E-state index >= 15 is 0 Å². The van der Waals surface area contributed by atoms with Crippen LogP contribution in [-0.4, -0.2) is 36.6 Å². The molecule has 0 spiro atoms. The third kappa shape index (κ3) is 3.07. The molecule has 4 heteroatoms. The van der Waals surface area contributed by atoms with Gasteiger partial charge in [-0.05, 0) is 58.1 Å². The normalized spacial score (nSPS) is 14.6. The number of carboxylic acid groups (broad SMARTS) is 1. The summed E-state index contributed by atoms with van der Waals surface area (Å²) in [6.45, 7) is 4.00. The van der Waals surface area contributed by atoms with E-state index in [4.69, 9.17) is 0 Å². The van der Waals surface area contributed by atoms with Crippen LogP contribution in [0.15, 0.2) is 18.2 Å². The predicted octanol–water partition coefficient (Wildman–Crippen LogP) is 2.43. The van der Waals surface area contributed by atoms with Crippen molar-refractivity contribution in [1.29, 1.82) is 0 Å². The summed E-state index contributed by atoms with van der Waals surface area (Å²) in [4.78, 5) is 13.5. The van der Waals surface area contributed by atoms with E-state index in [0.717, 1.165) is 0 Å². The van der Waals surface area contributed by atoms with Crippen LogP contribution in [0.2, 0.25) is 0 Å². The lowest BCUT2D eigenvalue weighted by molar-refractivity contribution is -0.143. The van der Waals surface area contributed by atoms with Gasteiger partial charge >= 0.3 is 5.97 Å². The maximum atomic E-state index is 13.2. The summed E-state index contributed by atoms with van der Waals surface area (Å²) in [6, 6.07) is 4.52. The van der Waals surface area contributed by atoms with Crippen LogP contribution in [0.25, 0.3) is 0 Å². The van der Waals surface area contributed by atoms with Crippen molar-refractivity contribution in [3.8, 4) is 0 Å². The Hall–Kier alpha value is -1.42. The molecule has 0 aliphatic heterocycles. The van der Waals surface area contributed by atoms with Gasteiger partial charge in [0.25, 0.3) is 0 Å². The number of carboxylic acids is 1. The summed E-state index contributed by atoms with van der Waals surface area (Å²) in [7, 11) is 3.80. The summed E-state index contributed by atoms with van der Waals surface area (Å²) in [5.74, 6) is -1.19. The number of hydrogen-bond donors (Lipinski definition) is 1. The first kappa shape index (κ1) is 14.6. The van der Waals surface area contributed by atoms with Gasteiger partial charge < -0.3 is 10.0 Å². The molecule has 0 aliphatic carbocycles. The van der Waals surface area contributed by atoms with Gasteiger partial charge in [-0.1, -0.05) is 12.1 Å². The lowest BCUT2D eigenvalue weighted by atomic mass is 9.79. The molecule has 3 nitrogen and oxygen atoms in total. The summed E-state index contributed by atoms with van der Waals surface area (Å²) < 4.78 is 13.2. The highest BCUT2D eigenvalue weighted by molar-refractivity contribution is 5.80. The van der Waals surface area contributed by atoms with Crippen molar-refractivity contribution >= 4 is 5.97 Å². The van der Waals surface area contributed by atoms with E-state index in [1.165, 1.54) is 6.07 Å². The van der Waals surface area contributed by atoms with Crippen LogP contribution in [0.4, 0.5) is 4.39 Å². The fraction of sp³-hybridized carbons (Fsp3) is 0.500. The highest BCUT2D eigenvalue weighted by Gasteiger charge is 2.35. The fourth-order valence-electron chi connectivity index (χ4n) is 1.81. The number of benzene rings is 1. The Morgan fingerprint density at radius 2 is 2.06 bits per heavy atom. The molecule has 0 heterocycles. The van der Waals surface area contributed by atoms with Gasteiger partial charge in [0.05, 0.1) is 5.41 Å². The van der Waals surface area contributed by atoms with Crippen LogP contribution in [0.1, 0.15) is 24.5 Å². The van der Waals surface area contributed by atoms with Crippen molar-refractivity contribution in [1.82, 2.24) is 4.90 Å². The Kier molecular flexibility index (Phi) is 4.46. The molecule has 18 heavy (non-hydrogen) atoms. The van der Waals surface area contributed by atoms with E-state index in [0.29, 0.717) is 24.1 Å². The molecule has 0 radical (unpaired) electrons. The Morgan fingerprint density at radius 1 is 1.44 bits per heavy atom. The smallest absolute Gasteiger partial charge is 0.313 e. The number of rotatable bonds is 5. The van der Waals surface area contributed by atoms with E-state index in [2.05, 4.69) is 0 Å². The van der Waals surface area contributed by atoms with Crippen molar-refractivity contribution in [2.75, 3.05) is 20.6 Å². The third-order valence-corrected chi connectivity index (χ3v) is 3.33. The molecule has 0 aliphatic rings. The van der Waals surface area contributed by atoms with Gasteiger partial charge in [-0.25, -0.2) is 4.39 Å². The average Bonchev–Trinajstić information content (AvgIpc) is 2.29. The maximum Gasteiger partial charge on any atom is 0.313 e. The molecule has 0 saturated heterocycles. The largest absolute Gasteiger partial charge is 0.481 e. The summed E-state index contributed by atoms with van der Waals surface area (Å²) in [5, 5.41) is 9.45. The third-order valence-electron chi connectivity index (χ3n) is 3.33. The minimum Gasteiger partial charge on any atom is -0.481 e. The van der Waals surface area contributed by atoms with Gasteiger partial charge in [0.15, 0.2) is 0 Å². The molecule has 1 atom stereocenters. The minimum absolute atomic E-state index is 0.306. The number of halogens is 1. The molecule has 100 valence electrons. The van der Waals surface area contributed by atoms with E-state index in [1.807, 2.05) is 19.0 Å². The zero-order valence-corrected chi connectivity index (χ0v) is 11.3. The maximum absolute atomic E-state index is 13.2. The quantitative estimate of drug-likeness (QED) is 0.876. The predicted molar refractivity (Wildman–Crippen MR) is 69.3 cm³/mol. The monoisotopic (exact) mass is 253 g/mol. The Labute approximate surface area is 107 Å². The number of aliphatic carboxylic acids is 1. The summed E-state index contributed by atoms with van der Waals surface area (Å²) in [6.07, 6.45) is 0.487. The first-order chi connectivity index (χ1) is 8.27. The Bertz CT molecular complexity index is 445. The molecular formula is C14H20FNO2. The van der Waals surface area contributed by atoms with Crippen LogP contribution < -0.4 is 0 Å². The van der Waals surface area contributed by atoms with Crippen LogP contribution in [0, 0.1) is 12.7 Å². The molecule has 0 fully saturated rings. The number of carbonyl (C=O) groups is 1. The highest BCUT2D eigenvalue weighted by Crippen LogP contribution is 2.29. The lowest BCUT2D eigenvalue weighted by Gasteiger charge is -2.27. The Balaban J connectivity index is 3.10. The van der Waals surface area contributed by atoms with E-state index in [9.17, 15) is 14.3 Å². The second-order valence-electron chi connectivity index (χ2n) is 5.15. The molecular weight excluding hydrogens is 233 g/mol. The van der Waals surface area contributed by atoms with Crippen molar-refractivity contribution in [2.45, 2.75) is 25.7 Å². The van der Waals surface area contributed by atoms with Crippen LogP contribution in [0.3, 0.4) is 0 Å². The molecule has 1 N–H and O–H groups in total. The van der Waals surface area contributed by atoms with Crippen LogP contribution in [0.5, 0.6) is 0 Å². The molecule has 1 aromatic rings. The minimum atomic E-state index is -0.983. The van der Waals surface area contributed by atoms with E-state index < -0.39 is 11.4 Å². The number of nitrogens with zero attached hydrogens (tertiary/aromatic N) is 1. The first-order valence-corrected chi connectivity index (χ1v) is 5.92. The summed E-state index contributed by atoms with van der Waals surface area (Å²) >= 11 is 0. The topological polar surface area (TPSA) is 40.5 Å². The van der Waals surface area contributed by atoms with Gasteiger partial charge in [-0.3, -0.25) is 4.79 Å². The summed E-state index contributed by atoms with van der Waals surface area (Å²) in [5.41, 5.74) is 0.142. The lowest BCUT2D eigenvalue weighted by Crippen LogP contribution is -2.35. The molecule has 0 bridgehead atoms. The van der Waals surface area contributed by atoms with Crippen molar-refractivity contribution in [2.24, 2.45) is 0 Å². The molecule has 1 unspecified atom stereocenters. The van der Waals surface area contributed by atoms with Crippen LogP contribution >= 0.6 is 0 Å². The highest BCUT2D eigenvalue weighted by atomic mass is 19.1. The molecule has 0 saturated carbocycles. The number of hydrogen-bond acceptors (Lipinski definition) is 2. The second kappa shape index (κ2) is 5.48. The zero-order chi connectivity index (χ0) is 13.9. The van der Waals surface area contributed by atoms with Gasteiger partial charge in [-0.15, -0.1) is 0 Å². The first-order valence-electron chi connectivity index (χ1n) is 5.92. The second-order valence-corrected chi connectivity index (χ2v) is 5.15. The molecule has 0 aromatic heterocycles. The molecule has 1 aromatic carbocycles. The van der Waals surface area contributed by atoms with Gasteiger partial charge in [0, 0.05) is 0 Å². The van der Waals surface area contributed by atoms with E-state index in [1.54, 1.807) is 26.0 Å². The Morgan fingerprint density at radius 3 is 2.50 bits per heavy atom. The molecule has 0 amide bonds. The fourth-order valence-corrected chi connectivity index (χ4v) is 1.81. The van der Waals surface area contributed by atoms with Crippen LogP contribution in [-0.2, 0) is 10.2 Å².